The third kappa shape index (κ3) is 5.29. The molecule has 8 nitrogen and oxygen atoms in total. The fourth-order valence-corrected chi connectivity index (χ4v) is 5.14. The van der Waals surface area contributed by atoms with E-state index in [0.29, 0.717) is 28.5 Å². The zero-order valence-electron chi connectivity index (χ0n) is 20.3. The number of aliphatic carboxylic acids is 1. The van der Waals surface area contributed by atoms with Gasteiger partial charge in [-0.15, -0.1) is 0 Å². The maximum Gasteiger partial charge on any atom is 0.344 e. The molecule has 0 radical (unpaired) electrons. The minimum absolute atomic E-state index is 0.0673. The fourth-order valence-electron chi connectivity index (χ4n) is 4.68. The van der Waals surface area contributed by atoms with Gasteiger partial charge in [0, 0.05) is 33.6 Å². The van der Waals surface area contributed by atoms with Crippen LogP contribution in [-0.2, 0) is 27.4 Å². The van der Waals surface area contributed by atoms with Crippen LogP contribution in [-0.4, -0.2) is 41.8 Å². The number of hydrogen-bond acceptors (Lipinski definition) is 6. The number of methoxy groups -OCH3 is 1. The summed E-state index contributed by atoms with van der Waals surface area (Å²) in [6.07, 6.45) is 0.365. The van der Waals surface area contributed by atoms with Crippen molar-refractivity contribution in [3.05, 3.63) is 93.1 Å². The number of aromatic nitrogens is 1. The number of hydrogen-bond donors (Lipinski definition) is 3. The van der Waals surface area contributed by atoms with E-state index in [1.807, 2.05) is 36.4 Å². The van der Waals surface area contributed by atoms with Crippen LogP contribution in [0.5, 0.6) is 11.5 Å². The molecule has 3 N–H and O–H groups in total. The van der Waals surface area contributed by atoms with Crippen molar-refractivity contribution in [1.82, 2.24) is 10.3 Å². The molecular formula is C28H24Cl2N2O6. The Balaban J connectivity index is 1.37. The minimum atomic E-state index is -0.922. The Morgan fingerprint density at radius 1 is 1.05 bits per heavy atom. The number of carbonyl (C=O) groups is 2. The molecule has 0 amide bonds. The van der Waals surface area contributed by atoms with Crippen molar-refractivity contribution in [2.24, 2.45) is 0 Å². The first-order valence-electron chi connectivity index (χ1n) is 11.8. The van der Waals surface area contributed by atoms with E-state index >= 15 is 0 Å². The van der Waals surface area contributed by atoms with Gasteiger partial charge in [-0.2, -0.15) is 0 Å². The van der Waals surface area contributed by atoms with E-state index in [1.54, 1.807) is 18.2 Å². The van der Waals surface area contributed by atoms with E-state index in [4.69, 9.17) is 37.4 Å². The molecular weight excluding hydrogens is 531 g/mol. The Morgan fingerprint density at radius 3 is 2.61 bits per heavy atom. The maximum atomic E-state index is 12.4. The lowest BCUT2D eigenvalue weighted by Gasteiger charge is -2.30. The summed E-state index contributed by atoms with van der Waals surface area (Å²) in [5.41, 5.74) is 4.25. The van der Waals surface area contributed by atoms with Gasteiger partial charge < -0.3 is 24.3 Å². The number of aromatic amines is 1. The molecule has 0 fully saturated rings. The Kier molecular flexibility index (Phi) is 7.46. The maximum absolute atomic E-state index is 12.4. The second-order valence-corrected chi connectivity index (χ2v) is 9.70. The molecule has 4 aromatic rings. The molecule has 0 saturated carbocycles. The van der Waals surface area contributed by atoms with Crippen molar-refractivity contribution in [2.45, 2.75) is 25.1 Å². The van der Waals surface area contributed by atoms with E-state index < -0.39 is 24.0 Å². The SMILES string of the molecule is COc1ccc([C@H]2N[C@H](C(=O)O)Cc3c2[nH]c2ccccc32)cc1COC(=O)COc1ccc(Cl)cc1Cl. The number of esters is 1. The number of carbonyl (C=O) groups excluding carboxylic acids is 1. The highest BCUT2D eigenvalue weighted by molar-refractivity contribution is 6.35. The molecule has 1 aliphatic heterocycles. The van der Waals surface area contributed by atoms with Crippen molar-refractivity contribution in [1.29, 1.82) is 0 Å². The number of carboxylic acids is 1. The van der Waals surface area contributed by atoms with Crippen molar-refractivity contribution in [3.8, 4) is 11.5 Å². The summed E-state index contributed by atoms with van der Waals surface area (Å²) in [6.45, 7) is -0.408. The standard InChI is InChI=1S/C28H24Cl2N2O6/c1-36-23-8-6-15(10-16(23)13-38-25(33)14-37-24-9-7-17(29)11-20(24)30)26-27-19(12-22(32-26)28(34)35)18-4-2-3-5-21(18)31-27/h2-11,22,26,31-32H,12-14H2,1H3,(H,34,35)/t22-,26+/m0/s1. The van der Waals surface area contributed by atoms with Crippen molar-refractivity contribution in [2.75, 3.05) is 13.7 Å². The molecule has 10 heteroatoms. The van der Waals surface area contributed by atoms with Gasteiger partial charge in [-0.1, -0.05) is 47.5 Å². The van der Waals surface area contributed by atoms with E-state index in [0.717, 1.165) is 27.7 Å². The number of para-hydroxylation sites is 1. The first-order valence-corrected chi connectivity index (χ1v) is 12.6. The smallest absolute Gasteiger partial charge is 0.344 e. The van der Waals surface area contributed by atoms with Gasteiger partial charge in [-0.05, 0) is 47.5 Å². The van der Waals surface area contributed by atoms with Crippen LogP contribution < -0.4 is 14.8 Å². The minimum Gasteiger partial charge on any atom is -0.496 e. The first-order chi connectivity index (χ1) is 18.3. The Bertz CT molecular complexity index is 1520. The predicted molar refractivity (Wildman–Crippen MR) is 143 cm³/mol. The number of carboxylic acid groups (broad SMARTS) is 1. The molecule has 1 aromatic heterocycles. The lowest BCUT2D eigenvalue weighted by atomic mass is 9.89. The average Bonchev–Trinajstić information content (AvgIpc) is 3.29. The summed E-state index contributed by atoms with van der Waals surface area (Å²) < 4.78 is 16.4. The highest BCUT2D eigenvalue weighted by Gasteiger charge is 2.34. The molecule has 5 rings (SSSR count). The van der Waals surface area contributed by atoms with Gasteiger partial charge in [0.25, 0.3) is 0 Å². The summed E-state index contributed by atoms with van der Waals surface area (Å²) in [6, 6.07) is 16.9. The zero-order valence-corrected chi connectivity index (χ0v) is 21.8. The third-order valence-corrected chi connectivity index (χ3v) is 7.01. The van der Waals surface area contributed by atoms with Gasteiger partial charge in [-0.25, -0.2) is 4.79 Å². The van der Waals surface area contributed by atoms with E-state index in [-0.39, 0.29) is 18.2 Å². The van der Waals surface area contributed by atoms with Crippen LogP contribution in [0.2, 0.25) is 10.0 Å². The van der Waals surface area contributed by atoms with Gasteiger partial charge in [0.05, 0.1) is 18.2 Å². The molecule has 0 aliphatic carbocycles. The van der Waals surface area contributed by atoms with Crippen LogP contribution in [0.3, 0.4) is 0 Å². The number of nitrogens with one attached hydrogen (secondary N) is 2. The molecule has 0 saturated heterocycles. The van der Waals surface area contributed by atoms with E-state index in [9.17, 15) is 14.7 Å². The van der Waals surface area contributed by atoms with Crippen LogP contribution in [0.4, 0.5) is 0 Å². The van der Waals surface area contributed by atoms with Crippen molar-refractivity contribution < 1.29 is 28.9 Å². The number of benzene rings is 3. The molecule has 1 aliphatic rings. The average molecular weight is 555 g/mol. The highest BCUT2D eigenvalue weighted by atomic mass is 35.5. The number of halogens is 2. The number of rotatable bonds is 8. The largest absolute Gasteiger partial charge is 0.496 e. The Morgan fingerprint density at radius 2 is 1.84 bits per heavy atom. The molecule has 196 valence electrons. The summed E-state index contributed by atoms with van der Waals surface area (Å²) >= 11 is 12.0. The lowest BCUT2D eigenvalue weighted by Crippen LogP contribution is -2.45. The summed E-state index contributed by atoms with van der Waals surface area (Å²) in [4.78, 5) is 27.8. The quantitative estimate of drug-likeness (QED) is 0.254. The normalized spacial score (nSPS) is 16.6. The van der Waals surface area contributed by atoms with Gasteiger partial charge in [0.2, 0.25) is 0 Å². The Hall–Kier alpha value is -3.72. The second kappa shape index (κ2) is 10.9. The molecule has 0 unspecified atom stereocenters. The summed E-state index contributed by atoms with van der Waals surface area (Å²) in [5.74, 6) is -0.665. The molecule has 0 bridgehead atoms. The monoisotopic (exact) mass is 554 g/mol. The molecule has 38 heavy (non-hydrogen) atoms. The van der Waals surface area contributed by atoms with E-state index in [2.05, 4.69) is 10.3 Å². The summed E-state index contributed by atoms with van der Waals surface area (Å²) in [5, 5.41) is 14.8. The number of fused-ring (bicyclic) bond motifs is 3. The number of H-pyrrole nitrogens is 1. The van der Waals surface area contributed by atoms with Crippen LogP contribution in [0, 0.1) is 0 Å². The van der Waals surface area contributed by atoms with Crippen LogP contribution >= 0.6 is 23.2 Å². The van der Waals surface area contributed by atoms with Gasteiger partial charge in [0.1, 0.15) is 24.1 Å². The number of ether oxygens (including phenoxy) is 3. The van der Waals surface area contributed by atoms with Gasteiger partial charge in [-0.3, -0.25) is 10.1 Å². The van der Waals surface area contributed by atoms with E-state index in [1.165, 1.54) is 13.2 Å². The van der Waals surface area contributed by atoms with Crippen LogP contribution in [0.25, 0.3) is 10.9 Å². The zero-order chi connectivity index (χ0) is 26.8. The first kappa shape index (κ1) is 25.9. The van der Waals surface area contributed by atoms with Gasteiger partial charge in [0.15, 0.2) is 6.61 Å². The molecule has 2 atom stereocenters. The fraction of sp³-hybridized carbons (Fsp3) is 0.214. The molecule has 0 spiro atoms. The van der Waals surface area contributed by atoms with Crippen molar-refractivity contribution >= 4 is 46.0 Å². The second-order valence-electron chi connectivity index (χ2n) is 8.85. The van der Waals surface area contributed by atoms with Crippen molar-refractivity contribution in [3.63, 3.8) is 0 Å². The molecule has 3 aromatic carbocycles. The van der Waals surface area contributed by atoms with Crippen LogP contribution in [0.1, 0.15) is 28.4 Å². The lowest BCUT2D eigenvalue weighted by molar-refractivity contribution is -0.147. The predicted octanol–water partition coefficient (Wildman–Crippen LogP) is 5.29. The topological polar surface area (TPSA) is 110 Å². The van der Waals surface area contributed by atoms with Crippen LogP contribution in [0.15, 0.2) is 60.7 Å². The van der Waals surface area contributed by atoms with Gasteiger partial charge >= 0.3 is 11.9 Å². The third-order valence-electron chi connectivity index (χ3n) is 6.48. The summed E-state index contributed by atoms with van der Waals surface area (Å²) in [7, 11) is 1.53. The molecule has 2 heterocycles. The Labute approximate surface area is 228 Å². The highest BCUT2D eigenvalue weighted by Crippen LogP contribution is 2.36.